The van der Waals surface area contributed by atoms with Gasteiger partial charge in [0.15, 0.2) is 11.5 Å². The summed E-state index contributed by atoms with van der Waals surface area (Å²) in [5.74, 6) is 2.52. The van der Waals surface area contributed by atoms with Crippen LogP contribution in [0.4, 0.5) is 0 Å². The summed E-state index contributed by atoms with van der Waals surface area (Å²) in [4.78, 5) is 0. The molecule has 106 valence electrons. The van der Waals surface area contributed by atoms with Crippen LogP contribution in [0.3, 0.4) is 0 Å². The Hall–Kier alpha value is -1.13. The minimum Gasteiger partial charge on any atom is -0.493 e. The van der Waals surface area contributed by atoms with E-state index in [4.69, 9.17) is 30.5 Å². The summed E-state index contributed by atoms with van der Waals surface area (Å²) in [6, 6.07) is 2.00. The fourth-order valence-electron chi connectivity index (χ4n) is 2.51. The van der Waals surface area contributed by atoms with Crippen molar-refractivity contribution in [2.75, 3.05) is 33.8 Å². The van der Waals surface area contributed by atoms with E-state index in [2.05, 4.69) is 0 Å². The van der Waals surface area contributed by atoms with Crippen molar-refractivity contribution in [3.05, 3.63) is 17.2 Å². The Morgan fingerprint density at radius 1 is 1.21 bits per heavy atom. The van der Waals surface area contributed by atoms with E-state index in [1.165, 1.54) is 5.56 Å². The number of benzene rings is 1. The molecule has 0 radical (unpaired) electrons. The first-order valence-corrected chi connectivity index (χ1v) is 6.79. The van der Waals surface area contributed by atoms with Crippen molar-refractivity contribution in [1.29, 1.82) is 0 Å². The van der Waals surface area contributed by atoms with Crippen molar-refractivity contribution in [2.24, 2.45) is 0 Å². The summed E-state index contributed by atoms with van der Waals surface area (Å²) in [5, 5.41) is 0. The van der Waals surface area contributed by atoms with Gasteiger partial charge in [0.2, 0.25) is 5.75 Å². The average molecular weight is 287 g/mol. The van der Waals surface area contributed by atoms with Gasteiger partial charge in [-0.05, 0) is 24.5 Å². The number of halogens is 1. The maximum Gasteiger partial charge on any atom is 0.203 e. The highest BCUT2D eigenvalue weighted by Gasteiger charge is 2.29. The molecule has 0 aliphatic carbocycles. The molecule has 0 saturated heterocycles. The third kappa shape index (κ3) is 2.60. The molecule has 0 bridgehead atoms. The second kappa shape index (κ2) is 6.35. The third-order valence-electron chi connectivity index (χ3n) is 3.34. The molecular formula is C14H19ClO4. The Morgan fingerprint density at radius 2 is 1.95 bits per heavy atom. The summed E-state index contributed by atoms with van der Waals surface area (Å²) in [7, 11) is 4.86. The highest BCUT2D eigenvalue weighted by Crippen LogP contribution is 2.47. The summed E-state index contributed by atoms with van der Waals surface area (Å²) in [5.41, 5.74) is 2.21. The van der Waals surface area contributed by atoms with E-state index >= 15 is 0 Å². The molecular weight excluding hydrogens is 268 g/mol. The lowest BCUT2D eigenvalue weighted by Crippen LogP contribution is -2.18. The number of hydrogen-bond donors (Lipinski definition) is 0. The Kier molecular flexibility index (Phi) is 4.77. The van der Waals surface area contributed by atoms with Crippen LogP contribution in [-0.4, -0.2) is 33.8 Å². The predicted molar refractivity (Wildman–Crippen MR) is 73.8 cm³/mol. The van der Waals surface area contributed by atoms with Gasteiger partial charge >= 0.3 is 0 Å². The monoisotopic (exact) mass is 286 g/mol. The molecule has 0 fully saturated rings. The molecule has 1 aromatic carbocycles. The van der Waals surface area contributed by atoms with Crippen LogP contribution in [0.5, 0.6) is 17.2 Å². The van der Waals surface area contributed by atoms with Crippen molar-refractivity contribution in [3.8, 4) is 17.2 Å². The van der Waals surface area contributed by atoms with Crippen LogP contribution in [0.1, 0.15) is 23.7 Å². The zero-order chi connectivity index (χ0) is 13.8. The van der Waals surface area contributed by atoms with Crippen molar-refractivity contribution in [3.63, 3.8) is 0 Å². The highest BCUT2D eigenvalue weighted by atomic mass is 35.5. The van der Waals surface area contributed by atoms with Crippen LogP contribution in [0.25, 0.3) is 0 Å². The summed E-state index contributed by atoms with van der Waals surface area (Å²) in [6.07, 6.45) is 1.54. The molecule has 1 aliphatic heterocycles. The van der Waals surface area contributed by atoms with Crippen molar-refractivity contribution in [1.82, 2.24) is 0 Å². The minimum atomic E-state index is -0.0454. The van der Waals surface area contributed by atoms with Gasteiger partial charge in [0.05, 0.1) is 34.0 Å². The first-order valence-electron chi connectivity index (χ1n) is 6.26. The van der Waals surface area contributed by atoms with E-state index in [0.717, 1.165) is 18.4 Å². The van der Waals surface area contributed by atoms with E-state index in [-0.39, 0.29) is 6.10 Å². The van der Waals surface area contributed by atoms with Crippen LogP contribution >= 0.6 is 11.6 Å². The molecule has 1 unspecified atom stereocenters. The van der Waals surface area contributed by atoms with E-state index < -0.39 is 0 Å². The number of alkyl halides is 1. The van der Waals surface area contributed by atoms with E-state index in [1.807, 2.05) is 6.07 Å². The molecule has 2 rings (SSSR count). The van der Waals surface area contributed by atoms with Gasteiger partial charge in [-0.3, -0.25) is 0 Å². The number of ether oxygens (including phenoxy) is 4. The van der Waals surface area contributed by atoms with Gasteiger partial charge in [0.1, 0.15) is 0 Å². The first-order chi connectivity index (χ1) is 9.26. The Morgan fingerprint density at radius 3 is 2.53 bits per heavy atom. The van der Waals surface area contributed by atoms with Crippen molar-refractivity contribution < 1.29 is 18.9 Å². The van der Waals surface area contributed by atoms with E-state index in [9.17, 15) is 0 Å². The smallest absolute Gasteiger partial charge is 0.203 e. The fourth-order valence-corrected chi connectivity index (χ4v) is 2.71. The second-order valence-corrected chi connectivity index (χ2v) is 4.68. The number of hydrogen-bond acceptors (Lipinski definition) is 4. The van der Waals surface area contributed by atoms with Crippen LogP contribution in [-0.2, 0) is 11.2 Å². The quantitative estimate of drug-likeness (QED) is 0.780. The van der Waals surface area contributed by atoms with Gasteiger partial charge < -0.3 is 18.9 Å². The highest BCUT2D eigenvalue weighted by molar-refractivity contribution is 6.17. The summed E-state index contributed by atoms with van der Waals surface area (Å²) >= 11 is 5.85. The predicted octanol–water partition coefficient (Wildman–Crippen LogP) is 2.96. The van der Waals surface area contributed by atoms with Crippen molar-refractivity contribution >= 4 is 11.6 Å². The van der Waals surface area contributed by atoms with Crippen molar-refractivity contribution in [2.45, 2.75) is 18.9 Å². The first kappa shape index (κ1) is 14.3. The van der Waals surface area contributed by atoms with Gasteiger partial charge in [-0.2, -0.15) is 0 Å². The van der Waals surface area contributed by atoms with Crippen LogP contribution < -0.4 is 14.2 Å². The van der Waals surface area contributed by atoms with Gasteiger partial charge in [0, 0.05) is 11.4 Å². The van der Waals surface area contributed by atoms with E-state index in [0.29, 0.717) is 29.7 Å². The molecule has 1 heterocycles. The standard InChI is InChI=1S/C14H19ClO4/c1-16-11-8-9-5-7-19-10(4-6-15)12(9)14(18-3)13(11)17-2/h8,10H,4-7H2,1-3H3. The molecule has 1 atom stereocenters. The lowest BCUT2D eigenvalue weighted by atomic mass is 9.94. The molecule has 5 heteroatoms. The molecule has 0 spiro atoms. The second-order valence-electron chi connectivity index (χ2n) is 4.31. The number of rotatable bonds is 5. The third-order valence-corrected chi connectivity index (χ3v) is 3.56. The summed E-state index contributed by atoms with van der Waals surface area (Å²) in [6.45, 7) is 0.688. The maximum atomic E-state index is 5.85. The molecule has 19 heavy (non-hydrogen) atoms. The molecule has 1 aliphatic rings. The molecule has 0 N–H and O–H groups in total. The average Bonchev–Trinajstić information content (AvgIpc) is 2.45. The van der Waals surface area contributed by atoms with Gasteiger partial charge in [-0.25, -0.2) is 0 Å². The Bertz CT molecular complexity index is 448. The van der Waals surface area contributed by atoms with Crippen LogP contribution in [0.15, 0.2) is 6.07 Å². The zero-order valence-corrected chi connectivity index (χ0v) is 12.3. The SMILES string of the molecule is COc1cc2c(c(OC)c1OC)C(CCCl)OCC2. The number of methoxy groups -OCH3 is 3. The molecule has 0 amide bonds. The molecule has 0 aromatic heterocycles. The van der Waals surface area contributed by atoms with Gasteiger partial charge in [0.25, 0.3) is 0 Å². The van der Waals surface area contributed by atoms with Gasteiger partial charge in [-0.15, -0.1) is 11.6 Å². The zero-order valence-electron chi connectivity index (χ0n) is 11.5. The molecule has 0 saturated carbocycles. The Labute approximate surface area is 118 Å². The topological polar surface area (TPSA) is 36.9 Å². The van der Waals surface area contributed by atoms with Crippen LogP contribution in [0.2, 0.25) is 0 Å². The largest absolute Gasteiger partial charge is 0.493 e. The minimum absolute atomic E-state index is 0.0454. The molecule has 1 aromatic rings. The number of fused-ring (bicyclic) bond motifs is 1. The fraction of sp³-hybridized carbons (Fsp3) is 0.571. The normalized spacial score (nSPS) is 17.8. The van der Waals surface area contributed by atoms with Crippen LogP contribution in [0, 0.1) is 0 Å². The lowest BCUT2D eigenvalue weighted by Gasteiger charge is -2.29. The van der Waals surface area contributed by atoms with E-state index in [1.54, 1.807) is 21.3 Å². The molecule has 4 nitrogen and oxygen atoms in total. The lowest BCUT2D eigenvalue weighted by molar-refractivity contribution is 0.0381. The van der Waals surface area contributed by atoms with Gasteiger partial charge in [-0.1, -0.05) is 0 Å². The summed E-state index contributed by atoms with van der Waals surface area (Å²) < 4.78 is 22.1. The maximum absolute atomic E-state index is 5.85. The Balaban J connectivity index is 2.58.